The summed E-state index contributed by atoms with van der Waals surface area (Å²) in [5.41, 5.74) is 1.22. The number of ether oxygens (including phenoxy) is 2. The van der Waals surface area contributed by atoms with E-state index in [1.54, 1.807) is 37.6 Å². The molecule has 1 amide bonds. The third kappa shape index (κ3) is 4.86. The fourth-order valence-corrected chi connectivity index (χ4v) is 2.33. The number of rotatable bonds is 8. The smallest absolute Gasteiger partial charge is 0.256 e. The van der Waals surface area contributed by atoms with E-state index >= 15 is 0 Å². The molecule has 1 aromatic carbocycles. The van der Waals surface area contributed by atoms with Gasteiger partial charge < -0.3 is 14.8 Å². The number of hydrogen-bond donors (Lipinski definition) is 1. The van der Waals surface area contributed by atoms with Crippen molar-refractivity contribution in [3.63, 3.8) is 0 Å². The lowest BCUT2D eigenvalue weighted by Crippen LogP contribution is -2.24. The molecule has 24 heavy (non-hydrogen) atoms. The van der Waals surface area contributed by atoms with Crippen molar-refractivity contribution in [1.29, 1.82) is 0 Å². The highest BCUT2D eigenvalue weighted by atomic mass is 35.5. The number of methoxy groups -OCH3 is 1. The second-order valence-electron chi connectivity index (χ2n) is 5.21. The molecule has 0 aliphatic rings. The number of pyridine rings is 1. The van der Waals surface area contributed by atoms with Crippen LogP contribution in [-0.4, -0.2) is 24.6 Å². The Balaban J connectivity index is 2.05. The van der Waals surface area contributed by atoms with Gasteiger partial charge in [0.05, 0.1) is 24.3 Å². The first-order valence-corrected chi connectivity index (χ1v) is 8.22. The molecule has 0 fully saturated rings. The molecule has 128 valence electrons. The van der Waals surface area contributed by atoms with Crippen LogP contribution >= 0.6 is 11.6 Å². The molecular weight excluding hydrogens is 328 g/mol. The van der Waals surface area contributed by atoms with Crippen LogP contribution in [0.2, 0.25) is 5.02 Å². The Bertz CT molecular complexity index is 674. The molecule has 1 aromatic heterocycles. The van der Waals surface area contributed by atoms with Gasteiger partial charge in [0.1, 0.15) is 5.75 Å². The summed E-state index contributed by atoms with van der Waals surface area (Å²) in [7, 11) is 1.56. The van der Waals surface area contributed by atoms with Crippen LogP contribution in [-0.2, 0) is 6.54 Å². The topological polar surface area (TPSA) is 60.5 Å². The molecule has 6 heteroatoms. The molecule has 5 nitrogen and oxygen atoms in total. The Morgan fingerprint density at radius 1 is 1.29 bits per heavy atom. The van der Waals surface area contributed by atoms with Gasteiger partial charge in [-0.15, -0.1) is 0 Å². The van der Waals surface area contributed by atoms with E-state index in [0.29, 0.717) is 35.4 Å². The zero-order chi connectivity index (χ0) is 17.4. The highest BCUT2D eigenvalue weighted by Crippen LogP contribution is 2.26. The molecular formula is C18H21ClN2O3. The summed E-state index contributed by atoms with van der Waals surface area (Å²) in [5, 5.41) is 3.21. The molecule has 1 heterocycles. The van der Waals surface area contributed by atoms with Crippen molar-refractivity contribution in [3.8, 4) is 11.6 Å². The van der Waals surface area contributed by atoms with E-state index < -0.39 is 0 Å². The zero-order valence-electron chi connectivity index (χ0n) is 13.8. The Kier molecular flexibility index (Phi) is 6.88. The predicted molar refractivity (Wildman–Crippen MR) is 93.8 cm³/mol. The van der Waals surface area contributed by atoms with Crippen molar-refractivity contribution in [2.75, 3.05) is 13.7 Å². The summed E-state index contributed by atoms with van der Waals surface area (Å²) in [6, 6.07) is 8.80. The first-order valence-electron chi connectivity index (χ1n) is 7.84. The molecule has 1 N–H and O–H groups in total. The monoisotopic (exact) mass is 348 g/mol. The minimum Gasteiger partial charge on any atom is -0.493 e. The average Bonchev–Trinajstić information content (AvgIpc) is 2.60. The first kappa shape index (κ1) is 18.1. The Labute approximate surface area is 147 Å². The predicted octanol–water partition coefficient (Wildman–Crippen LogP) is 3.85. The van der Waals surface area contributed by atoms with Gasteiger partial charge in [-0.1, -0.05) is 37.1 Å². The van der Waals surface area contributed by atoms with Crippen LogP contribution in [0, 0.1) is 0 Å². The van der Waals surface area contributed by atoms with Crippen molar-refractivity contribution < 1.29 is 14.3 Å². The normalized spacial score (nSPS) is 10.3. The Morgan fingerprint density at radius 2 is 2.12 bits per heavy atom. The molecule has 0 aliphatic heterocycles. The molecule has 2 aromatic rings. The second-order valence-corrected chi connectivity index (χ2v) is 5.61. The quantitative estimate of drug-likeness (QED) is 0.736. The van der Waals surface area contributed by atoms with Crippen LogP contribution in [0.3, 0.4) is 0 Å². The van der Waals surface area contributed by atoms with Gasteiger partial charge in [-0.05, 0) is 24.1 Å². The number of carbonyl (C=O) groups is 1. The number of carbonyl (C=O) groups excluding carboxylic acids is 1. The molecule has 0 saturated carbocycles. The van der Waals surface area contributed by atoms with E-state index in [4.69, 9.17) is 21.1 Å². The molecule has 0 bridgehead atoms. The molecule has 0 spiro atoms. The standard InChI is InChI=1S/C18H21ClN2O3/c1-3-4-10-24-15-7-5-6-14(19)17(15)18(22)21-12-13-8-9-16(23-2)20-11-13/h5-9,11H,3-4,10,12H2,1-2H3,(H,21,22). The number of aromatic nitrogens is 1. The summed E-state index contributed by atoms with van der Waals surface area (Å²) < 4.78 is 10.7. The van der Waals surface area contributed by atoms with Gasteiger partial charge >= 0.3 is 0 Å². The fraction of sp³-hybridized carbons (Fsp3) is 0.333. The Morgan fingerprint density at radius 3 is 2.79 bits per heavy atom. The minimum absolute atomic E-state index is 0.275. The lowest BCUT2D eigenvalue weighted by Gasteiger charge is -2.13. The zero-order valence-corrected chi connectivity index (χ0v) is 14.6. The van der Waals surface area contributed by atoms with Crippen LogP contribution < -0.4 is 14.8 Å². The lowest BCUT2D eigenvalue weighted by atomic mass is 10.1. The number of nitrogens with one attached hydrogen (secondary N) is 1. The SMILES string of the molecule is CCCCOc1cccc(Cl)c1C(=O)NCc1ccc(OC)nc1. The van der Waals surface area contributed by atoms with Gasteiger partial charge in [0, 0.05) is 18.8 Å². The summed E-state index contributed by atoms with van der Waals surface area (Å²) >= 11 is 6.19. The third-order valence-corrected chi connectivity index (χ3v) is 3.73. The van der Waals surface area contributed by atoms with Gasteiger partial charge in [-0.2, -0.15) is 0 Å². The highest BCUT2D eigenvalue weighted by Gasteiger charge is 2.16. The van der Waals surface area contributed by atoms with Crippen molar-refractivity contribution in [2.24, 2.45) is 0 Å². The molecule has 0 unspecified atom stereocenters. The number of nitrogens with zero attached hydrogens (tertiary/aromatic N) is 1. The van der Waals surface area contributed by atoms with E-state index in [1.165, 1.54) is 0 Å². The van der Waals surface area contributed by atoms with Crippen LogP contribution in [0.4, 0.5) is 0 Å². The van der Waals surface area contributed by atoms with E-state index in [9.17, 15) is 4.79 Å². The maximum atomic E-state index is 12.5. The maximum Gasteiger partial charge on any atom is 0.256 e. The van der Waals surface area contributed by atoms with Crippen molar-refractivity contribution in [1.82, 2.24) is 10.3 Å². The number of halogens is 1. The number of benzene rings is 1. The maximum absolute atomic E-state index is 12.5. The van der Waals surface area contributed by atoms with Gasteiger partial charge in [-0.25, -0.2) is 4.98 Å². The average molecular weight is 349 g/mol. The summed E-state index contributed by atoms with van der Waals surface area (Å²) in [6.07, 6.45) is 3.60. The number of amides is 1. The molecule has 0 radical (unpaired) electrons. The van der Waals surface area contributed by atoms with Crippen molar-refractivity contribution in [3.05, 3.63) is 52.7 Å². The molecule has 0 saturated heterocycles. The van der Waals surface area contributed by atoms with Crippen LogP contribution in [0.25, 0.3) is 0 Å². The van der Waals surface area contributed by atoms with Crippen LogP contribution in [0.1, 0.15) is 35.7 Å². The van der Waals surface area contributed by atoms with Gasteiger partial charge in [0.15, 0.2) is 0 Å². The van der Waals surface area contributed by atoms with Crippen molar-refractivity contribution in [2.45, 2.75) is 26.3 Å². The number of unbranched alkanes of at least 4 members (excludes halogenated alkanes) is 1. The van der Waals surface area contributed by atoms with Crippen LogP contribution in [0.15, 0.2) is 36.5 Å². The summed E-state index contributed by atoms with van der Waals surface area (Å²) in [5.74, 6) is 0.756. The highest BCUT2D eigenvalue weighted by molar-refractivity contribution is 6.34. The first-order chi connectivity index (χ1) is 11.7. The molecule has 0 atom stereocenters. The lowest BCUT2D eigenvalue weighted by molar-refractivity contribution is 0.0947. The van der Waals surface area contributed by atoms with Gasteiger partial charge in [-0.3, -0.25) is 4.79 Å². The number of hydrogen-bond acceptors (Lipinski definition) is 4. The summed E-state index contributed by atoms with van der Waals surface area (Å²) in [4.78, 5) is 16.6. The molecule has 0 aliphatic carbocycles. The van der Waals surface area contributed by atoms with E-state index in [-0.39, 0.29) is 5.91 Å². The van der Waals surface area contributed by atoms with Crippen molar-refractivity contribution >= 4 is 17.5 Å². The molecule has 2 rings (SSSR count). The van der Waals surface area contributed by atoms with E-state index in [2.05, 4.69) is 17.2 Å². The van der Waals surface area contributed by atoms with E-state index in [1.807, 2.05) is 6.07 Å². The minimum atomic E-state index is -0.275. The van der Waals surface area contributed by atoms with E-state index in [0.717, 1.165) is 18.4 Å². The Hall–Kier alpha value is -2.27. The fourth-order valence-electron chi connectivity index (χ4n) is 2.08. The summed E-state index contributed by atoms with van der Waals surface area (Å²) in [6.45, 7) is 2.98. The second kappa shape index (κ2) is 9.13. The largest absolute Gasteiger partial charge is 0.493 e. The van der Waals surface area contributed by atoms with Crippen LogP contribution in [0.5, 0.6) is 11.6 Å². The van der Waals surface area contributed by atoms with Gasteiger partial charge in [0.25, 0.3) is 5.91 Å². The third-order valence-electron chi connectivity index (χ3n) is 3.42. The van der Waals surface area contributed by atoms with Gasteiger partial charge in [0.2, 0.25) is 5.88 Å².